The molecule has 0 radical (unpaired) electrons. The number of rotatable bonds is 7. The Kier molecular flexibility index (Phi) is 8.31. The van der Waals surface area contributed by atoms with Gasteiger partial charge >= 0.3 is 12.1 Å². The second-order valence-corrected chi connectivity index (χ2v) is 11.3. The van der Waals surface area contributed by atoms with Crippen LogP contribution < -0.4 is 0 Å². The Balaban J connectivity index is 1.36. The number of likely N-dealkylation sites (tertiary alicyclic amines) is 1. The molecule has 9 heteroatoms. The first-order chi connectivity index (χ1) is 17.3. The van der Waals surface area contributed by atoms with E-state index >= 15 is 0 Å². The third-order valence-electron chi connectivity index (χ3n) is 7.26. The Hall–Kier alpha value is -2.91. The summed E-state index contributed by atoms with van der Waals surface area (Å²) in [6, 6.07) is 15.3. The average Bonchev–Trinajstić information content (AvgIpc) is 2.90. The number of piperidine rings is 1. The van der Waals surface area contributed by atoms with Crippen LogP contribution in [-0.2, 0) is 35.2 Å². The number of carbonyl (C=O) groups excluding carboxylic acids is 2. The van der Waals surface area contributed by atoms with Crippen LogP contribution in [0.2, 0.25) is 0 Å². The molecule has 4 atom stereocenters. The number of fused-ring (bicyclic) bond motifs is 1. The highest BCUT2D eigenvalue weighted by atomic mass is 32.2. The SMILES string of the molecule is COC(=O)[C@H]1C[C@H]2C[C@@H](COS(=O)(=O)c3ccc(C)cc3)CC[C@H]2CN1C(=O)OCc1ccccc1. The summed E-state index contributed by atoms with van der Waals surface area (Å²) in [5, 5.41) is 0. The van der Waals surface area contributed by atoms with E-state index in [0.29, 0.717) is 13.0 Å². The van der Waals surface area contributed by atoms with Gasteiger partial charge < -0.3 is 9.47 Å². The van der Waals surface area contributed by atoms with Gasteiger partial charge in [0.2, 0.25) is 0 Å². The summed E-state index contributed by atoms with van der Waals surface area (Å²) >= 11 is 0. The van der Waals surface area contributed by atoms with Crippen LogP contribution in [0.25, 0.3) is 0 Å². The molecule has 0 unspecified atom stereocenters. The molecule has 8 nitrogen and oxygen atoms in total. The fourth-order valence-corrected chi connectivity index (χ4v) is 6.20. The molecule has 2 fully saturated rings. The van der Waals surface area contributed by atoms with E-state index < -0.39 is 28.2 Å². The summed E-state index contributed by atoms with van der Waals surface area (Å²) in [7, 11) is -2.51. The van der Waals surface area contributed by atoms with E-state index in [1.54, 1.807) is 24.3 Å². The normalized spacial score (nSPS) is 24.0. The minimum Gasteiger partial charge on any atom is -0.467 e. The fraction of sp³-hybridized carbons (Fsp3) is 0.481. The standard InChI is InChI=1S/C27H33NO7S/c1-19-8-12-24(13-9-19)36(31,32)35-18-21-10-11-22-16-28(25(26(29)33-2)15-23(22)14-21)27(30)34-17-20-6-4-3-5-7-20/h3-9,12-13,21-23,25H,10-11,14-18H2,1-2H3/t21-,22-,23+,25+/m0/s1. The Labute approximate surface area is 212 Å². The average molecular weight is 516 g/mol. The van der Waals surface area contributed by atoms with Crippen LogP contribution in [0, 0.1) is 24.7 Å². The highest BCUT2D eigenvalue weighted by Gasteiger charge is 2.45. The van der Waals surface area contributed by atoms with Crippen LogP contribution in [0.3, 0.4) is 0 Å². The first-order valence-electron chi connectivity index (χ1n) is 12.3. The molecule has 0 bridgehead atoms. The van der Waals surface area contributed by atoms with Crippen molar-refractivity contribution < 1.29 is 31.7 Å². The fourth-order valence-electron chi connectivity index (χ4n) is 5.22. The second kappa shape index (κ2) is 11.4. The lowest BCUT2D eigenvalue weighted by molar-refractivity contribution is -0.150. The van der Waals surface area contributed by atoms with E-state index in [9.17, 15) is 18.0 Å². The van der Waals surface area contributed by atoms with E-state index in [2.05, 4.69) is 0 Å². The first kappa shape index (κ1) is 26.2. The van der Waals surface area contributed by atoms with Gasteiger partial charge in [-0.1, -0.05) is 48.0 Å². The van der Waals surface area contributed by atoms with E-state index in [0.717, 1.165) is 30.4 Å². The van der Waals surface area contributed by atoms with Gasteiger partial charge in [-0.3, -0.25) is 9.08 Å². The topological polar surface area (TPSA) is 99.2 Å². The Bertz CT molecular complexity index is 1150. The third-order valence-corrected chi connectivity index (χ3v) is 8.56. The molecule has 2 aromatic carbocycles. The highest BCUT2D eigenvalue weighted by Crippen LogP contribution is 2.42. The summed E-state index contributed by atoms with van der Waals surface area (Å²) in [4.78, 5) is 27.1. The predicted molar refractivity (Wildman–Crippen MR) is 132 cm³/mol. The summed E-state index contributed by atoms with van der Waals surface area (Å²) in [6.07, 6.45) is 2.27. The quantitative estimate of drug-likeness (QED) is 0.400. The van der Waals surface area contributed by atoms with Crippen molar-refractivity contribution in [2.24, 2.45) is 17.8 Å². The number of nitrogens with zero attached hydrogens (tertiary/aromatic N) is 1. The van der Waals surface area contributed by atoms with Crippen molar-refractivity contribution in [1.29, 1.82) is 0 Å². The molecule has 0 N–H and O–H groups in total. The molecule has 0 spiro atoms. The lowest BCUT2D eigenvalue weighted by Gasteiger charge is -2.46. The van der Waals surface area contributed by atoms with Gasteiger partial charge in [-0.15, -0.1) is 0 Å². The Morgan fingerprint density at radius 3 is 2.39 bits per heavy atom. The molecule has 1 saturated heterocycles. The first-order valence-corrected chi connectivity index (χ1v) is 13.7. The zero-order chi connectivity index (χ0) is 25.7. The van der Waals surface area contributed by atoms with Crippen molar-refractivity contribution >= 4 is 22.2 Å². The minimum atomic E-state index is -3.83. The van der Waals surface area contributed by atoms with Crippen LogP contribution in [0.5, 0.6) is 0 Å². The monoisotopic (exact) mass is 515 g/mol. The lowest BCUT2D eigenvalue weighted by Crippen LogP contribution is -2.55. The molecular formula is C27H33NO7S. The second-order valence-electron chi connectivity index (χ2n) is 9.72. The van der Waals surface area contributed by atoms with Crippen molar-refractivity contribution in [2.75, 3.05) is 20.3 Å². The van der Waals surface area contributed by atoms with Gasteiger partial charge in [-0.2, -0.15) is 8.42 Å². The number of aryl methyl sites for hydroxylation is 1. The van der Waals surface area contributed by atoms with Gasteiger partial charge in [0.25, 0.3) is 10.1 Å². The molecular weight excluding hydrogens is 482 g/mol. The Morgan fingerprint density at radius 2 is 1.69 bits per heavy atom. The van der Waals surface area contributed by atoms with Crippen LogP contribution in [0.4, 0.5) is 4.79 Å². The van der Waals surface area contributed by atoms with E-state index in [1.807, 2.05) is 37.3 Å². The van der Waals surface area contributed by atoms with Gasteiger partial charge in [0.1, 0.15) is 12.6 Å². The van der Waals surface area contributed by atoms with Crippen LogP contribution in [-0.4, -0.2) is 51.7 Å². The maximum atomic E-state index is 12.9. The number of hydrogen-bond donors (Lipinski definition) is 0. The van der Waals surface area contributed by atoms with E-state index in [-0.39, 0.29) is 35.9 Å². The molecule has 1 aliphatic carbocycles. The largest absolute Gasteiger partial charge is 0.467 e. The summed E-state index contributed by atoms with van der Waals surface area (Å²) < 4.78 is 41.1. The van der Waals surface area contributed by atoms with Gasteiger partial charge in [0.05, 0.1) is 18.6 Å². The van der Waals surface area contributed by atoms with Crippen LogP contribution >= 0.6 is 0 Å². The van der Waals surface area contributed by atoms with Crippen molar-refractivity contribution in [3.8, 4) is 0 Å². The van der Waals surface area contributed by atoms with Crippen molar-refractivity contribution in [2.45, 2.75) is 50.2 Å². The molecule has 2 aliphatic rings. The molecule has 36 heavy (non-hydrogen) atoms. The van der Waals surface area contributed by atoms with Gasteiger partial charge in [-0.25, -0.2) is 9.59 Å². The van der Waals surface area contributed by atoms with Gasteiger partial charge in [0.15, 0.2) is 0 Å². The zero-order valence-electron chi connectivity index (χ0n) is 20.7. The molecule has 1 heterocycles. The molecule has 194 valence electrons. The van der Waals surface area contributed by atoms with Gasteiger partial charge in [-0.05, 0) is 68.1 Å². The highest BCUT2D eigenvalue weighted by molar-refractivity contribution is 7.86. The number of methoxy groups -OCH3 is 1. The summed E-state index contributed by atoms with van der Waals surface area (Å²) in [5.74, 6) is -0.0383. The summed E-state index contributed by atoms with van der Waals surface area (Å²) in [6.45, 7) is 2.54. The molecule has 1 amide bonds. The maximum absolute atomic E-state index is 12.9. The van der Waals surface area contributed by atoms with Crippen molar-refractivity contribution in [1.82, 2.24) is 4.90 Å². The zero-order valence-corrected chi connectivity index (χ0v) is 21.5. The molecule has 0 aromatic heterocycles. The molecule has 1 saturated carbocycles. The van der Waals surface area contributed by atoms with Gasteiger partial charge in [0, 0.05) is 6.54 Å². The Morgan fingerprint density at radius 1 is 0.972 bits per heavy atom. The van der Waals surface area contributed by atoms with Crippen LogP contribution in [0.1, 0.15) is 36.8 Å². The number of benzene rings is 2. The number of amides is 1. The maximum Gasteiger partial charge on any atom is 0.410 e. The van der Waals surface area contributed by atoms with E-state index in [1.165, 1.54) is 12.0 Å². The molecule has 1 aliphatic heterocycles. The third kappa shape index (κ3) is 6.25. The molecule has 4 rings (SSSR count). The number of hydrogen-bond acceptors (Lipinski definition) is 7. The van der Waals surface area contributed by atoms with Crippen LogP contribution in [0.15, 0.2) is 59.5 Å². The number of esters is 1. The smallest absolute Gasteiger partial charge is 0.410 e. The number of ether oxygens (including phenoxy) is 2. The minimum absolute atomic E-state index is 0.0568. The van der Waals surface area contributed by atoms with Crippen molar-refractivity contribution in [3.05, 3.63) is 65.7 Å². The predicted octanol–water partition coefficient (Wildman–Crippen LogP) is 4.32. The molecule has 2 aromatic rings. The summed E-state index contributed by atoms with van der Waals surface area (Å²) in [5.41, 5.74) is 1.85. The van der Waals surface area contributed by atoms with Crippen molar-refractivity contribution in [3.63, 3.8) is 0 Å². The number of carbonyl (C=O) groups is 2. The lowest BCUT2D eigenvalue weighted by atomic mass is 9.69. The van der Waals surface area contributed by atoms with E-state index in [4.69, 9.17) is 13.7 Å².